The van der Waals surface area contributed by atoms with Crippen molar-refractivity contribution in [3.8, 4) is 5.75 Å². The Morgan fingerprint density at radius 1 is 1.47 bits per heavy atom. The molecule has 0 N–H and O–H groups in total. The van der Waals surface area contributed by atoms with Crippen molar-refractivity contribution in [1.82, 2.24) is 0 Å². The maximum absolute atomic E-state index is 10.4. The Morgan fingerprint density at radius 3 is 2.59 bits per heavy atom. The highest BCUT2D eigenvalue weighted by Crippen LogP contribution is 2.17. The molecule has 0 aromatic heterocycles. The van der Waals surface area contributed by atoms with Crippen LogP contribution in [0.4, 0.5) is 5.69 Å². The van der Waals surface area contributed by atoms with Crippen LogP contribution < -0.4 is 4.74 Å². The lowest BCUT2D eigenvalue weighted by atomic mass is 10.3. The number of hydrogen-bond donors (Lipinski definition) is 0. The summed E-state index contributed by atoms with van der Waals surface area (Å²) in [6.45, 7) is 1.95. The molecule has 0 amide bonds. The van der Waals surface area contributed by atoms with E-state index < -0.39 is 4.92 Å². The summed E-state index contributed by atoms with van der Waals surface area (Å²) in [5, 5.41) is 13.2. The van der Waals surface area contributed by atoms with Crippen LogP contribution in [-0.4, -0.2) is 11.5 Å². The zero-order chi connectivity index (χ0) is 12.7. The minimum Gasteiger partial charge on any atom is -0.487 e. The van der Waals surface area contributed by atoms with Crippen LogP contribution in [0.1, 0.15) is 13.3 Å². The van der Waals surface area contributed by atoms with Crippen LogP contribution in [0.2, 0.25) is 0 Å². The molecule has 1 aromatic rings. The van der Waals surface area contributed by atoms with Gasteiger partial charge in [0.2, 0.25) is 0 Å². The van der Waals surface area contributed by atoms with Gasteiger partial charge in [0.05, 0.1) is 4.92 Å². The first-order valence-corrected chi connectivity index (χ1v) is 5.07. The summed E-state index contributed by atoms with van der Waals surface area (Å²) in [5.41, 5.74) is 0.307. The third-order valence-electron chi connectivity index (χ3n) is 1.99. The normalized spacial score (nSPS) is 11.0. The number of ether oxygens (including phenoxy) is 1. The summed E-state index contributed by atoms with van der Waals surface area (Å²) >= 11 is 0. The van der Waals surface area contributed by atoms with Gasteiger partial charge >= 0.3 is 0 Å². The van der Waals surface area contributed by atoms with Gasteiger partial charge in [0.1, 0.15) is 18.1 Å². The topological polar surface area (TPSA) is 81.8 Å². The van der Waals surface area contributed by atoms with Gasteiger partial charge in [-0.2, -0.15) is 0 Å². The standard InChI is InChI=1S/C11H12N2O4/c1-2-3-9(12-14)8-17-11-6-4-10(5-7-11)13(15)16/h3-7H,2,8H2,1H3. The molecule has 0 aliphatic heterocycles. The Morgan fingerprint density at radius 2 is 2.12 bits per heavy atom. The summed E-state index contributed by atoms with van der Waals surface area (Å²) in [7, 11) is 0. The molecule has 0 saturated heterocycles. The Hall–Kier alpha value is -2.24. The molecule has 90 valence electrons. The molecule has 0 aliphatic carbocycles. The quantitative estimate of drug-likeness (QED) is 0.431. The Bertz CT molecular complexity index is 426. The van der Waals surface area contributed by atoms with E-state index in [2.05, 4.69) is 5.18 Å². The molecule has 0 fully saturated rings. The highest BCUT2D eigenvalue weighted by Gasteiger charge is 2.05. The van der Waals surface area contributed by atoms with Crippen molar-refractivity contribution in [3.63, 3.8) is 0 Å². The van der Waals surface area contributed by atoms with Crippen LogP contribution in [0.15, 0.2) is 41.2 Å². The van der Waals surface area contributed by atoms with Gasteiger partial charge in [-0.1, -0.05) is 13.0 Å². The van der Waals surface area contributed by atoms with Crippen LogP contribution in [0, 0.1) is 15.0 Å². The molecule has 0 heterocycles. The second-order valence-corrected chi connectivity index (χ2v) is 3.23. The first kappa shape index (κ1) is 12.8. The minimum atomic E-state index is -0.487. The van der Waals surface area contributed by atoms with Crippen molar-refractivity contribution >= 4 is 5.69 Å². The summed E-state index contributed by atoms with van der Waals surface area (Å²) < 4.78 is 5.26. The highest BCUT2D eigenvalue weighted by atomic mass is 16.6. The molecule has 0 aliphatic rings. The first-order chi connectivity index (χ1) is 8.17. The lowest BCUT2D eigenvalue weighted by Gasteiger charge is -2.04. The van der Waals surface area contributed by atoms with Crippen LogP contribution in [0.25, 0.3) is 0 Å². The number of rotatable bonds is 6. The van der Waals surface area contributed by atoms with E-state index in [1.807, 2.05) is 6.92 Å². The predicted molar refractivity (Wildman–Crippen MR) is 62.8 cm³/mol. The second-order valence-electron chi connectivity index (χ2n) is 3.23. The summed E-state index contributed by atoms with van der Waals surface area (Å²) in [6.07, 6.45) is 2.36. The molecule has 1 rings (SSSR count). The Labute approximate surface area is 98.0 Å². The van der Waals surface area contributed by atoms with Crippen molar-refractivity contribution in [2.24, 2.45) is 5.18 Å². The number of benzene rings is 1. The molecule has 0 unspecified atom stereocenters. The van der Waals surface area contributed by atoms with E-state index in [-0.39, 0.29) is 12.3 Å². The molecule has 17 heavy (non-hydrogen) atoms. The van der Waals surface area contributed by atoms with Gasteiger partial charge in [0, 0.05) is 12.1 Å². The minimum absolute atomic E-state index is 0.00446. The van der Waals surface area contributed by atoms with Gasteiger partial charge in [0.15, 0.2) is 0 Å². The number of nitrogens with zero attached hydrogens (tertiary/aromatic N) is 2. The molecule has 0 spiro atoms. The van der Waals surface area contributed by atoms with Gasteiger partial charge in [-0.3, -0.25) is 10.1 Å². The Balaban J connectivity index is 2.61. The van der Waals surface area contributed by atoms with Crippen LogP contribution in [0.3, 0.4) is 0 Å². The molecular weight excluding hydrogens is 224 g/mol. The van der Waals surface area contributed by atoms with Gasteiger partial charge < -0.3 is 4.74 Å². The summed E-state index contributed by atoms with van der Waals surface area (Å²) in [4.78, 5) is 20.3. The van der Waals surface area contributed by atoms with Crippen molar-refractivity contribution in [3.05, 3.63) is 51.1 Å². The molecule has 0 saturated carbocycles. The van der Waals surface area contributed by atoms with Crippen LogP contribution in [-0.2, 0) is 0 Å². The van der Waals surface area contributed by atoms with Crippen molar-refractivity contribution in [2.75, 3.05) is 6.61 Å². The first-order valence-electron chi connectivity index (χ1n) is 5.07. The molecule has 0 atom stereocenters. The summed E-state index contributed by atoms with van der Waals surface area (Å²) in [6, 6.07) is 5.64. The lowest BCUT2D eigenvalue weighted by Crippen LogP contribution is -1.99. The average Bonchev–Trinajstić information content (AvgIpc) is 2.35. The Kier molecular flexibility index (Phi) is 4.80. The fourth-order valence-corrected chi connectivity index (χ4v) is 1.18. The van der Waals surface area contributed by atoms with Gasteiger partial charge in [-0.05, 0) is 23.7 Å². The van der Waals surface area contributed by atoms with E-state index in [1.54, 1.807) is 6.08 Å². The number of allylic oxidation sites excluding steroid dienone is 1. The molecule has 6 heteroatoms. The van der Waals surface area contributed by atoms with Gasteiger partial charge in [-0.25, -0.2) is 0 Å². The van der Waals surface area contributed by atoms with E-state index in [1.165, 1.54) is 24.3 Å². The number of nitro groups is 1. The van der Waals surface area contributed by atoms with Crippen molar-refractivity contribution in [1.29, 1.82) is 0 Å². The highest BCUT2D eigenvalue weighted by molar-refractivity contribution is 5.36. The summed E-state index contributed by atoms with van der Waals surface area (Å²) in [5.74, 6) is 0.459. The van der Waals surface area contributed by atoms with Gasteiger partial charge in [0.25, 0.3) is 5.69 Å². The van der Waals surface area contributed by atoms with E-state index in [0.29, 0.717) is 17.9 Å². The second kappa shape index (κ2) is 6.37. The zero-order valence-corrected chi connectivity index (χ0v) is 9.33. The molecule has 0 bridgehead atoms. The molecule has 1 aromatic carbocycles. The van der Waals surface area contributed by atoms with Crippen LogP contribution >= 0.6 is 0 Å². The molecular formula is C11H12N2O4. The van der Waals surface area contributed by atoms with Gasteiger partial charge in [-0.15, -0.1) is 4.91 Å². The monoisotopic (exact) mass is 236 g/mol. The number of nitroso groups, excluding NO2 is 1. The molecule has 0 radical (unpaired) electrons. The number of nitro benzene ring substituents is 1. The maximum atomic E-state index is 10.4. The van der Waals surface area contributed by atoms with E-state index in [4.69, 9.17) is 4.74 Å². The van der Waals surface area contributed by atoms with Crippen molar-refractivity contribution < 1.29 is 9.66 Å². The fourth-order valence-electron chi connectivity index (χ4n) is 1.18. The maximum Gasteiger partial charge on any atom is 0.269 e. The van der Waals surface area contributed by atoms with E-state index in [9.17, 15) is 15.0 Å². The lowest BCUT2D eigenvalue weighted by molar-refractivity contribution is -0.384. The average molecular weight is 236 g/mol. The smallest absolute Gasteiger partial charge is 0.269 e. The zero-order valence-electron chi connectivity index (χ0n) is 9.33. The number of non-ortho nitro benzene ring substituents is 1. The predicted octanol–water partition coefficient (Wildman–Crippen LogP) is 3.03. The third kappa shape index (κ3) is 4.02. The van der Waals surface area contributed by atoms with Crippen LogP contribution in [0.5, 0.6) is 5.75 Å². The van der Waals surface area contributed by atoms with E-state index >= 15 is 0 Å². The molecule has 6 nitrogen and oxygen atoms in total. The van der Waals surface area contributed by atoms with E-state index in [0.717, 1.165) is 0 Å². The largest absolute Gasteiger partial charge is 0.487 e. The fraction of sp³-hybridized carbons (Fsp3) is 0.273. The number of hydrogen-bond acceptors (Lipinski definition) is 5. The van der Waals surface area contributed by atoms with Crippen molar-refractivity contribution in [2.45, 2.75) is 13.3 Å². The SMILES string of the molecule is CCC=C(COc1ccc([N+](=O)[O-])cc1)N=O. The third-order valence-corrected chi connectivity index (χ3v) is 1.99.